The van der Waals surface area contributed by atoms with Gasteiger partial charge in [-0.15, -0.1) is 0 Å². The van der Waals surface area contributed by atoms with E-state index >= 15 is 0 Å². The summed E-state index contributed by atoms with van der Waals surface area (Å²) in [5, 5.41) is 5.19. The van der Waals surface area contributed by atoms with Gasteiger partial charge in [0.1, 0.15) is 12.1 Å². The van der Waals surface area contributed by atoms with E-state index in [9.17, 15) is 9.59 Å². The van der Waals surface area contributed by atoms with Gasteiger partial charge in [-0.1, -0.05) is 0 Å². The summed E-state index contributed by atoms with van der Waals surface area (Å²) in [5.74, 6) is 2.05. The van der Waals surface area contributed by atoms with Crippen LogP contribution >= 0.6 is 23.7 Å². The van der Waals surface area contributed by atoms with Gasteiger partial charge in [-0.2, -0.15) is 11.8 Å². The summed E-state index contributed by atoms with van der Waals surface area (Å²) in [7, 11) is 0. The van der Waals surface area contributed by atoms with E-state index in [1.807, 2.05) is 36.0 Å². The van der Waals surface area contributed by atoms with Gasteiger partial charge in [-0.05, 0) is 57.0 Å². The van der Waals surface area contributed by atoms with E-state index in [4.69, 9.17) is 4.74 Å². The van der Waals surface area contributed by atoms with Crippen molar-refractivity contribution in [1.29, 1.82) is 0 Å². The maximum Gasteiger partial charge on any atom is 0.408 e. The highest BCUT2D eigenvalue weighted by atomic mass is 32.2. The number of ether oxygens (including phenoxy) is 1. The lowest BCUT2D eigenvalue weighted by molar-refractivity contribution is -0.115. The molecule has 1 fully saturated rings. The van der Waals surface area contributed by atoms with Crippen molar-refractivity contribution in [2.45, 2.75) is 31.3 Å². The average molecular weight is 384 g/mol. The second-order valence-electron chi connectivity index (χ2n) is 6.56. The van der Waals surface area contributed by atoms with E-state index in [0.29, 0.717) is 5.69 Å². The molecule has 1 aromatic carbocycles. The highest BCUT2D eigenvalue weighted by Gasteiger charge is 2.16. The summed E-state index contributed by atoms with van der Waals surface area (Å²) < 4.78 is 7.44. The number of nitrogens with zero attached hydrogens (tertiary/aromatic N) is 1. The van der Waals surface area contributed by atoms with Crippen LogP contribution in [0.15, 0.2) is 29.2 Å². The molecule has 25 heavy (non-hydrogen) atoms. The highest BCUT2D eigenvalue weighted by Crippen LogP contribution is 2.26. The molecule has 2 amide bonds. The van der Waals surface area contributed by atoms with Gasteiger partial charge in [0.05, 0.1) is 0 Å². The van der Waals surface area contributed by atoms with Gasteiger partial charge in [-0.25, -0.2) is 9.10 Å². The molecule has 0 saturated carbocycles. The molecule has 0 radical (unpaired) electrons. The topological polar surface area (TPSA) is 70.7 Å². The molecule has 0 spiro atoms. The van der Waals surface area contributed by atoms with Crippen molar-refractivity contribution < 1.29 is 14.3 Å². The van der Waals surface area contributed by atoms with Crippen molar-refractivity contribution in [3.8, 4) is 0 Å². The van der Waals surface area contributed by atoms with Gasteiger partial charge in [0.15, 0.2) is 0 Å². The lowest BCUT2D eigenvalue weighted by Crippen LogP contribution is -2.37. The normalized spacial score (nSPS) is 15.5. The van der Waals surface area contributed by atoms with Gasteiger partial charge in [0.2, 0.25) is 5.91 Å². The lowest BCUT2D eigenvalue weighted by Gasteiger charge is -2.24. The molecule has 2 N–H and O–H groups in total. The Morgan fingerprint density at radius 1 is 1.20 bits per heavy atom. The second kappa shape index (κ2) is 9.35. The fraction of sp³-hybridized carbons (Fsp3) is 0.529. The van der Waals surface area contributed by atoms with Crippen LogP contribution in [0.4, 0.5) is 10.5 Å². The Hall–Kier alpha value is -1.38. The predicted octanol–water partition coefficient (Wildman–Crippen LogP) is 3.21. The predicted molar refractivity (Wildman–Crippen MR) is 104 cm³/mol. The highest BCUT2D eigenvalue weighted by molar-refractivity contribution is 8.00. The molecule has 0 bridgehead atoms. The fourth-order valence-corrected chi connectivity index (χ4v) is 4.11. The van der Waals surface area contributed by atoms with Crippen LogP contribution in [0.5, 0.6) is 0 Å². The number of anilines is 1. The molecule has 138 valence electrons. The SMILES string of the molecule is CC(C)(C)OC(=O)NCC(=O)Nc1ccc(SN2CCSCC2)cc1. The van der Waals surface area contributed by atoms with Crippen LogP contribution in [-0.2, 0) is 9.53 Å². The number of benzene rings is 1. The lowest BCUT2D eigenvalue weighted by atomic mass is 10.2. The number of carbonyl (C=O) groups is 2. The van der Waals surface area contributed by atoms with Crippen LogP contribution in [0.1, 0.15) is 20.8 Å². The van der Waals surface area contributed by atoms with Gasteiger partial charge in [0, 0.05) is 35.2 Å². The Kier molecular flexibility index (Phi) is 7.46. The molecule has 1 aromatic rings. The largest absolute Gasteiger partial charge is 0.444 e. The van der Waals surface area contributed by atoms with Crippen molar-refractivity contribution in [3.05, 3.63) is 24.3 Å². The third-order valence-electron chi connectivity index (χ3n) is 3.13. The molecule has 8 heteroatoms. The molecule has 6 nitrogen and oxygen atoms in total. The van der Waals surface area contributed by atoms with Gasteiger partial charge < -0.3 is 15.4 Å². The number of rotatable bonds is 5. The maximum atomic E-state index is 11.9. The minimum atomic E-state index is -0.603. The fourth-order valence-electron chi connectivity index (χ4n) is 2.06. The number of nitrogens with one attached hydrogen (secondary N) is 2. The number of hydrogen-bond donors (Lipinski definition) is 2. The number of hydrogen-bond acceptors (Lipinski definition) is 6. The number of amides is 2. The molecule has 0 atom stereocenters. The molecule has 1 heterocycles. The molecular weight excluding hydrogens is 358 g/mol. The first-order valence-corrected chi connectivity index (χ1v) is 10.1. The van der Waals surface area contributed by atoms with Crippen LogP contribution in [0.25, 0.3) is 0 Å². The van der Waals surface area contributed by atoms with Crippen molar-refractivity contribution in [1.82, 2.24) is 9.62 Å². The monoisotopic (exact) mass is 383 g/mol. The zero-order valence-electron chi connectivity index (χ0n) is 14.8. The quantitative estimate of drug-likeness (QED) is 0.761. The van der Waals surface area contributed by atoms with Gasteiger partial charge in [-0.3, -0.25) is 4.79 Å². The number of thioether (sulfide) groups is 1. The van der Waals surface area contributed by atoms with E-state index in [0.717, 1.165) is 18.0 Å². The van der Waals surface area contributed by atoms with Gasteiger partial charge >= 0.3 is 6.09 Å². The third kappa shape index (κ3) is 8.02. The minimum absolute atomic E-state index is 0.128. The second-order valence-corrected chi connectivity index (χ2v) is 8.96. The number of carbonyl (C=O) groups excluding carboxylic acids is 2. The molecule has 0 aliphatic carbocycles. The molecule has 1 aliphatic rings. The third-order valence-corrected chi connectivity index (χ3v) is 5.18. The van der Waals surface area contributed by atoms with Crippen molar-refractivity contribution >= 4 is 41.4 Å². The van der Waals surface area contributed by atoms with E-state index in [1.54, 1.807) is 32.7 Å². The van der Waals surface area contributed by atoms with Crippen LogP contribution in [0.3, 0.4) is 0 Å². The van der Waals surface area contributed by atoms with Crippen LogP contribution in [0.2, 0.25) is 0 Å². The first kappa shape index (κ1) is 19.9. The van der Waals surface area contributed by atoms with E-state index in [1.165, 1.54) is 11.5 Å². The van der Waals surface area contributed by atoms with Crippen LogP contribution in [-0.4, -0.2) is 53.0 Å². The molecule has 0 unspecified atom stereocenters. The van der Waals surface area contributed by atoms with E-state index < -0.39 is 11.7 Å². The van der Waals surface area contributed by atoms with Gasteiger partial charge in [0.25, 0.3) is 0 Å². The summed E-state index contributed by atoms with van der Waals surface area (Å²) in [6, 6.07) is 7.71. The van der Waals surface area contributed by atoms with Crippen LogP contribution < -0.4 is 10.6 Å². The zero-order valence-corrected chi connectivity index (χ0v) is 16.5. The first-order valence-electron chi connectivity index (χ1n) is 8.19. The van der Waals surface area contributed by atoms with Crippen LogP contribution in [0, 0.1) is 0 Å². The smallest absolute Gasteiger partial charge is 0.408 e. The number of alkyl carbamates (subject to hydrolysis) is 1. The van der Waals surface area contributed by atoms with E-state index in [-0.39, 0.29) is 12.5 Å². The summed E-state index contributed by atoms with van der Waals surface area (Å²) in [4.78, 5) is 24.6. The summed E-state index contributed by atoms with van der Waals surface area (Å²) >= 11 is 3.73. The molecule has 1 aliphatic heterocycles. The van der Waals surface area contributed by atoms with Crippen molar-refractivity contribution in [2.24, 2.45) is 0 Å². The average Bonchev–Trinajstić information content (AvgIpc) is 2.54. The molecule has 1 saturated heterocycles. The first-order chi connectivity index (χ1) is 11.8. The Labute approximate surface area is 157 Å². The summed E-state index contributed by atoms with van der Waals surface area (Å²) in [6.07, 6.45) is -0.603. The standard InChI is InChI=1S/C17H25N3O3S2/c1-17(2,3)23-16(22)18-12-15(21)19-13-4-6-14(7-5-13)25-20-8-10-24-11-9-20/h4-7H,8-12H2,1-3H3,(H,18,22)(H,19,21). The molecule has 0 aromatic heterocycles. The minimum Gasteiger partial charge on any atom is -0.444 e. The zero-order chi connectivity index (χ0) is 18.3. The van der Waals surface area contributed by atoms with Crippen molar-refractivity contribution in [3.63, 3.8) is 0 Å². The maximum absolute atomic E-state index is 11.9. The molecular formula is C17H25N3O3S2. The van der Waals surface area contributed by atoms with Crippen molar-refractivity contribution in [2.75, 3.05) is 36.5 Å². The summed E-state index contributed by atoms with van der Waals surface area (Å²) in [6.45, 7) is 7.37. The Morgan fingerprint density at radius 2 is 1.84 bits per heavy atom. The summed E-state index contributed by atoms with van der Waals surface area (Å²) in [5.41, 5.74) is 0.121. The molecule has 2 rings (SSSR count). The Morgan fingerprint density at radius 3 is 2.44 bits per heavy atom. The van der Waals surface area contributed by atoms with E-state index in [2.05, 4.69) is 14.9 Å². The Balaban J connectivity index is 1.74. The Bertz CT molecular complexity index is 582.